The maximum atomic E-state index is 13.6. The van der Waals surface area contributed by atoms with Crippen LogP contribution in [0.5, 0.6) is 0 Å². The topological polar surface area (TPSA) is 69.7 Å². The van der Waals surface area contributed by atoms with Crippen molar-refractivity contribution in [3.63, 3.8) is 0 Å². The zero-order valence-electron chi connectivity index (χ0n) is 19.1. The molecule has 0 radical (unpaired) electrons. The number of nitrogens with one attached hydrogen (secondary N) is 1. The second-order valence-corrected chi connectivity index (χ2v) is 10.6. The number of benzene rings is 2. The van der Waals surface area contributed by atoms with Gasteiger partial charge >= 0.3 is 0 Å². The van der Waals surface area contributed by atoms with Gasteiger partial charge in [-0.2, -0.15) is 4.31 Å². The van der Waals surface area contributed by atoms with Crippen LogP contribution in [0, 0.1) is 25.6 Å². The zero-order chi connectivity index (χ0) is 23.5. The molecule has 1 fully saturated rings. The van der Waals surface area contributed by atoms with E-state index in [9.17, 15) is 17.6 Å². The van der Waals surface area contributed by atoms with E-state index in [1.807, 2.05) is 38.1 Å². The molecular formula is C24H32FN3O3S. The minimum absolute atomic E-state index is 0.0863. The molecule has 2 aromatic carbocycles. The summed E-state index contributed by atoms with van der Waals surface area (Å²) in [5, 5.41) is 2.98. The van der Waals surface area contributed by atoms with E-state index < -0.39 is 10.0 Å². The largest absolute Gasteiger partial charge is 0.354 e. The molecule has 1 unspecified atom stereocenters. The standard InChI is InChI=1S/C24H32FN3O3S/c1-17-8-9-23(18(2)14-17)32(30,31)28-12-10-19(11-13-28)24(29)26-16-22(27(3)4)20-6-5-7-21(25)15-20/h5-9,14-15,19,22H,10-13,16H2,1-4H3,(H,26,29). The van der Waals surface area contributed by atoms with Crippen LogP contribution in [0.2, 0.25) is 0 Å². The van der Waals surface area contributed by atoms with Gasteiger partial charge in [0.1, 0.15) is 5.82 Å². The van der Waals surface area contributed by atoms with Gasteiger partial charge in [-0.15, -0.1) is 0 Å². The van der Waals surface area contributed by atoms with Crippen LogP contribution in [-0.4, -0.2) is 57.3 Å². The predicted molar refractivity (Wildman–Crippen MR) is 123 cm³/mol. The van der Waals surface area contributed by atoms with Gasteiger partial charge in [0.05, 0.1) is 10.9 Å². The molecule has 0 bridgehead atoms. The van der Waals surface area contributed by atoms with Crippen LogP contribution in [-0.2, 0) is 14.8 Å². The number of carbonyl (C=O) groups excluding carboxylic acids is 1. The third kappa shape index (κ3) is 5.54. The van der Waals surface area contributed by atoms with E-state index in [-0.39, 0.29) is 23.7 Å². The number of carbonyl (C=O) groups is 1. The van der Waals surface area contributed by atoms with Gasteiger partial charge < -0.3 is 10.2 Å². The third-order valence-corrected chi connectivity index (χ3v) is 8.16. The molecule has 1 aliphatic rings. The van der Waals surface area contributed by atoms with Crippen molar-refractivity contribution in [3.8, 4) is 0 Å². The van der Waals surface area contributed by atoms with Crippen molar-refractivity contribution in [3.05, 3.63) is 65.0 Å². The van der Waals surface area contributed by atoms with Gasteiger partial charge in [0.25, 0.3) is 0 Å². The van der Waals surface area contributed by atoms with Crippen LogP contribution in [0.25, 0.3) is 0 Å². The number of rotatable bonds is 7. The Morgan fingerprint density at radius 2 is 1.84 bits per heavy atom. The summed E-state index contributed by atoms with van der Waals surface area (Å²) in [5.41, 5.74) is 2.55. The summed E-state index contributed by atoms with van der Waals surface area (Å²) in [6, 6.07) is 11.6. The normalized spacial score (nSPS) is 16.8. The average molecular weight is 462 g/mol. The lowest BCUT2D eigenvalue weighted by atomic mass is 9.97. The molecule has 2 aromatic rings. The van der Waals surface area contributed by atoms with Gasteiger partial charge in [0, 0.05) is 25.6 Å². The number of piperidine rings is 1. The minimum atomic E-state index is -3.58. The molecule has 1 N–H and O–H groups in total. The monoisotopic (exact) mass is 461 g/mol. The third-order valence-electron chi connectivity index (χ3n) is 6.10. The minimum Gasteiger partial charge on any atom is -0.354 e. The fraction of sp³-hybridized carbons (Fsp3) is 0.458. The quantitative estimate of drug-likeness (QED) is 0.687. The van der Waals surface area contributed by atoms with Crippen molar-refractivity contribution in [2.45, 2.75) is 37.6 Å². The Kier molecular flexibility index (Phi) is 7.69. The zero-order valence-corrected chi connectivity index (χ0v) is 20.0. The van der Waals surface area contributed by atoms with E-state index in [0.717, 1.165) is 16.7 Å². The fourth-order valence-corrected chi connectivity index (χ4v) is 5.92. The molecule has 0 spiro atoms. The molecule has 32 heavy (non-hydrogen) atoms. The highest BCUT2D eigenvalue weighted by atomic mass is 32.2. The Morgan fingerprint density at radius 1 is 1.16 bits per heavy atom. The molecule has 6 nitrogen and oxygen atoms in total. The number of aryl methyl sites for hydroxylation is 2. The van der Waals surface area contributed by atoms with Crippen LogP contribution >= 0.6 is 0 Å². The first kappa shape index (κ1) is 24.4. The van der Waals surface area contributed by atoms with Gasteiger partial charge in [0.15, 0.2) is 0 Å². The first-order valence-electron chi connectivity index (χ1n) is 10.9. The second-order valence-electron chi connectivity index (χ2n) is 8.73. The van der Waals surface area contributed by atoms with Crippen molar-refractivity contribution in [1.82, 2.24) is 14.5 Å². The van der Waals surface area contributed by atoms with E-state index in [1.54, 1.807) is 25.1 Å². The van der Waals surface area contributed by atoms with E-state index in [1.165, 1.54) is 16.4 Å². The number of hydrogen-bond acceptors (Lipinski definition) is 4. The van der Waals surface area contributed by atoms with E-state index in [4.69, 9.17) is 0 Å². The Hall–Kier alpha value is -2.29. The maximum Gasteiger partial charge on any atom is 0.243 e. The van der Waals surface area contributed by atoms with Crippen molar-refractivity contribution in [1.29, 1.82) is 0 Å². The van der Waals surface area contributed by atoms with Crippen molar-refractivity contribution < 1.29 is 17.6 Å². The summed E-state index contributed by atoms with van der Waals surface area (Å²) in [7, 11) is 0.198. The summed E-state index contributed by atoms with van der Waals surface area (Å²) < 4.78 is 41.2. The number of halogens is 1. The molecule has 0 aliphatic carbocycles. The molecule has 0 aromatic heterocycles. The summed E-state index contributed by atoms with van der Waals surface area (Å²) in [5.74, 6) is -0.634. The smallest absolute Gasteiger partial charge is 0.243 e. The van der Waals surface area contributed by atoms with Gasteiger partial charge in [-0.25, -0.2) is 12.8 Å². The summed E-state index contributed by atoms with van der Waals surface area (Å²) in [6.07, 6.45) is 0.950. The average Bonchev–Trinajstić information content (AvgIpc) is 2.73. The Balaban J connectivity index is 1.59. The first-order valence-corrected chi connectivity index (χ1v) is 12.3. The van der Waals surface area contributed by atoms with Crippen molar-refractivity contribution >= 4 is 15.9 Å². The van der Waals surface area contributed by atoms with Gasteiger partial charge in [0.2, 0.25) is 15.9 Å². The molecule has 1 aliphatic heterocycles. The summed E-state index contributed by atoms with van der Waals surface area (Å²) in [4.78, 5) is 15.0. The summed E-state index contributed by atoms with van der Waals surface area (Å²) in [6.45, 7) is 4.72. The lowest BCUT2D eigenvalue weighted by molar-refractivity contribution is -0.126. The number of likely N-dealkylation sites (N-methyl/N-ethyl adjacent to an activating group) is 1. The lowest BCUT2D eigenvalue weighted by Crippen LogP contribution is -2.44. The highest BCUT2D eigenvalue weighted by Crippen LogP contribution is 2.26. The van der Waals surface area contributed by atoms with Crippen molar-refractivity contribution in [2.24, 2.45) is 5.92 Å². The molecule has 1 amide bonds. The fourth-order valence-electron chi connectivity index (χ4n) is 4.24. The van der Waals surface area contributed by atoms with E-state index in [2.05, 4.69) is 5.32 Å². The Bertz CT molecular complexity index is 1060. The van der Waals surface area contributed by atoms with Gasteiger partial charge in [-0.05, 0) is 70.1 Å². The number of sulfonamides is 1. The van der Waals surface area contributed by atoms with Crippen LogP contribution in [0.4, 0.5) is 4.39 Å². The highest BCUT2D eigenvalue weighted by molar-refractivity contribution is 7.89. The number of hydrogen-bond donors (Lipinski definition) is 1. The Labute approximate surface area is 190 Å². The molecule has 0 saturated carbocycles. The molecule has 3 rings (SSSR count). The molecule has 1 heterocycles. The summed E-state index contributed by atoms with van der Waals surface area (Å²) >= 11 is 0. The van der Waals surface area contributed by atoms with E-state index in [0.29, 0.717) is 37.4 Å². The van der Waals surface area contributed by atoms with Gasteiger partial charge in [-0.3, -0.25) is 4.79 Å². The SMILES string of the molecule is Cc1ccc(S(=O)(=O)N2CCC(C(=O)NCC(c3cccc(F)c3)N(C)C)CC2)c(C)c1. The highest BCUT2D eigenvalue weighted by Gasteiger charge is 2.33. The maximum absolute atomic E-state index is 13.6. The second kappa shape index (κ2) is 10.1. The van der Waals surface area contributed by atoms with Crippen molar-refractivity contribution in [2.75, 3.05) is 33.7 Å². The molecular weight excluding hydrogens is 429 g/mol. The molecule has 1 atom stereocenters. The number of amides is 1. The van der Waals surface area contributed by atoms with Crippen LogP contribution in [0.3, 0.4) is 0 Å². The first-order chi connectivity index (χ1) is 15.1. The predicted octanol–water partition coefficient (Wildman–Crippen LogP) is 3.26. The van der Waals surface area contributed by atoms with Crippen LogP contribution in [0.1, 0.15) is 35.6 Å². The van der Waals surface area contributed by atoms with E-state index >= 15 is 0 Å². The van der Waals surface area contributed by atoms with Crippen LogP contribution < -0.4 is 5.32 Å². The number of nitrogens with zero attached hydrogens (tertiary/aromatic N) is 2. The Morgan fingerprint density at radius 3 is 2.44 bits per heavy atom. The molecule has 1 saturated heterocycles. The molecule has 174 valence electrons. The van der Waals surface area contributed by atoms with Crippen LogP contribution in [0.15, 0.2) is 47.4 Å². The molecule has 8 heteroatoms. The lowest BCUT2D eigenvalue weighted by Gasteiger charge is -2.32. The van der Waals surface area contributed by atoms with Gasteiger partial charge in [-0.1, -0.05) is 29.8 Å².